The molecule has 0 saturated heterocycles. The third-order valence-corrected chi connectivity index (χ3v) is 2.85. The first kappa shape index (κ1) is 23.7. The number of aliphatic hydroxyl groups is 1. The Kier molecular flexibility index (Phi) is 9.43. The number of hydrogen-bond donors (Lipinski definition) is 1. The molecule has 0 aliphatic rings. The summed E-state index contributed by atoms with van der Waals surface area (Å²) in [5.41, 5.74) is 0. The van der Waals surface area contributed by atoms with Crippen molar-refractivity contribution < 1.29 is 49.0 Å². The molecule has 1 nitrogen and oxygen atoms in total. The monoisotopic (exact) mass is 562 g/mol. The summed E-state index contributed by atoms with van der Waals surface area (Å²) in [5, 5.41) is 8.26. The average molecular weight is 562 g/mol. The van der Waals surface area contributed by atoms with Crippen molar-refractivity contribution in [3.8, 4) is 0 Å². The van der Waals surface area contributed by atoms with E-state index in [2.05, 4.69) is 0 Å². The Labute approximate surface area is 139 Å². The molecular formula is C8H6F10I2O. The zero-order valence-corrected chi connectivity index (χ0v) is 13.8. The van der Waals surface area contributed by atoms with Crippen LogP contribution in [-0.2, 0) is 0 Å². The van der Waals surface area contributed by atoms with E-state index in [1.807, 2.05) is 0 Å². The molecule has 13 heteroatoms. The van der Waals surface area contributed by atoms with Crippen LogP contribution < -0.4 is 0 Å². The lowest BCUT2D eigenvalue weighted by Gasteiger charge is -2.16. The van der Waals surface area contributed by atoms with Gasteiger partial charge in [0.05, 0.1) is 0 Å². The third-order valence-electron chi connectivity index (χ3n) is 1.39. The molecule has 0 amide bonds. The lowest BCUT2D eigenvalue weighted by atomic mass is 10.2. The molecule has 0 aromatic rings. The minimum absolute atomic E-state index is 0.0250. The number of allylic oxidation sites excluding steroid dienone is 1. The fourth-order valence-corrected chi connectivity index (χ4v) is 1.09. The Morgan fingerprint density at radius 2 is 1.19 bits per heavy atom. The molecule has 21 heavy (non-hydrogen) atoms. The van der Waals surface area contributed by atoms with E-state index >= 15 is 0 Å². The van der Waals surface area contributed by atoms with Crippen molar-refractivity contribution in [1.82, 2.24) is 0 Å². The van der Waals surface area contributed by atoms with Crippen LogP contribution in [0.1, 0.15) is 6.42 Å². The maximum atomic E-state index is 12.2. The Balaban J connectivity index is 0. The van der Waals surface area contributed by atoms with Gasteiger partial charge in [0.15, 0.2) is 0 Å². The molecule has 0 aromatic heterocycles. The first-order chi connectivity index (χ1) is 8.95. The molecular weight excluding hydrogens is 556 g/mol. The van der Waals surface area contributed by atoms with Gasteiger partial charge < -0.3 is 5.11 Å². The van der Waals surface area contributed by atoms with Crippen LogP contribution in [0.3, 0.4) is 0 Å². The van der Waals surface area contributed by atoms with Crippen LogP contribution >= 0.6 is 45.2 Å². The second-order valence-electron chi connectivity index (χ2n) is 3.18. The molecule has 0 bridgehead atoms. The first-order valence-corrected chi connectivity index (χ1v) is 6.67. The normalized spacial score (nSPS) is 14.6. The van der Waals surface area contributed by atoms with Crippen molar-refractivity contribution in [3.63, 3.8) is 0 Å². The van der Waals surface area contributed by atoms with E-state index in [0.717, 1.165) is 0 Å². The molecule has 0 aromatic carbocycles. The molecule has 128 valence electrons. The molecule has 0 rings (SSSR count). The van der Waals surface area contributed by atoms with Gasteiger partial charge in [-0.2, -0.15) is 43.9 Å². The number of halogens is 12. The molecule has 1 N–H and O–H groups in total. The third kappa shape index (κ3) is 9.96. The van der Waals surface area contributed by atoms with Crippen LogP contribution in [0, 0.1) is 0 Å². The maximum absolute atomic E-state index is 12.2. The summed E-state index contributed by atoms with van der Waals surface area (Å²) in [6.07, 6.45) is -11.4. The number of hydrogen-bond acceptors (Lipinski definition) is 1. The molecule has 0 heterocycles. The van der Waals surface area contributed by atoms with E-state index in [4.69, 9.17) is 5.11 Å². The van der Waals surface area contributed by atoms with Crippen molar-refractivity contribution >= 4 is 45.2 Å². The molecule has 0 unspecified atom stereocenters. The van der Waals surface area contributed by atoms with Gasteiger partial charge in [-0.25, -0.2) is 0 Å². The van der Waals surface area contributed by atoms with Crippen LogP contribution in [0.15, 0.2) is 9.66 Å². The lowest BCUT2D eigenvalue weighted by Crippen LogP contribution is -2.34. The first-order valence-electron chi connectivity index (χ1n) is 4.51. The maximum Gasteiger partial charge on any atom is 0.463 e. The molecule has 0 aliphatic heterocycles. The van der Waals surface area contributed by atoms with E-state index < -0.39 is 28.8 Å². The molecule has 0 atom stereocenters. The van der Waals surface area contributed by atoms with E-state index in [-0.39, 0.29) is 38.7 Å². The highest BCUT2D eigenvalue weighted by atomic mass is 127. The van der Waals surface area contributed by atoms with Gasteiger partial charge in [0, 0.05) is 41.7 Å². The van der Waals surface area contributed by atoms with Gasteiger partial charge in [0.25, 0.3) is 0 Å². The van der Waals surface area contributed by atoms with E-state index in [9.17, 15) is 43.9 Å². The summed E-state index contributed by atoms with van der Waals surface area (Å²) in [6, 6.07) is 0. The van der Waals surface area contributed by atoms with Crippen LogP contribution in [0.2, 0.25) is 0 Å². The minimum atomic E-state index is -5.57. The average Bonchev–Trinajstić information content (AvgIpc) is 2.12. The van der Waals surface area contributed by atoms with Gasteiger partial charge in [-0.3, -0.25) is 0 Å². The predicted molar refractivity (Wildman–Crippen MR) is 69.8 cm³/mol. The number of alkyl halides is 11. The molecule has 0 saturated carbocycles. The molecule has 0 fully saturated rings. The Bertz CT molecular complexity index is 328. The largest absolute Gasteiger partial charge is 0.463 e. The van der Waals surface area contributed by atoms with E-state index in [1.54, 1.807) is 0 Å². The van der Waals surface area contributed by atoms with Crippen molar-refractivity contribution in [2.75, 3.05) is 6.61 Å². The zero-order chi connectivity index (χ0) is 17.7. The molecule has 0 spiro atoms. The summed E-state index contributed by atoms with van der Waals surface area (Å²) < 4.78 is 109. The van der Waals surface area contributed by atoms with Crippen molar-refractivity contribution in [2.24, 2.45) is 0 Å². The summed E-state index contributed by atoms with van der Waals surface area (Å²) in [7, 11) is 0. The Morgan fingerprint density at radius 3 is 1.38 bits per heavy atom. The van der Waals surface area contributed by atoms with E-state index in [0.29, 0.717) is 0 Å². The van der Waals surface area contributed by atoms with E-state index in [1.165, 1.54) is 22.6 Å². The highest BCUT2D eigenvalue weighted by Crippen LogP contribution is 2.40. The molecule has 0 aliphatic carbocycles. The van der Waals surface area contributed by atoms with Gasteiger partial charge >= 0.3 is 22.2 Å². The number of aliphatic hydroxyl groups excluding tert-OH is 1. The summed E-state index contributed by atoms with van der Waals surface area (Å²) in [6.45, 7) is -0.456. The van der Waals surface area contributed by atoms with Crippen LogP contribution in [0.5, 0.6) is 0 Å². The minimum Gasteiger partial charge on any atom is -0.396 e. The second-order valence-corrected chi connectivity index (χ2v) is 5.92. The summed E-state index contributed by atoms with van der Waals surface area (Å²) in [4.78, 5) is 0. The van der Waals surface area contributed by atoms with Gasteiger partial charge in [-0.05, 0) is 26.2 Å². The highest BCUT2D eigenvalue weighted by Gasteiger charge is 2.56. The predicted octanol–water partition coefficient (Wildman–Crippen LogP) is 5.46. The second kappa shape index (κ2) is 8.35. The SMILES string of the molecule is FC(F)(F)C(F)(F)I.OCCC(I)=CC(F)(F)C(F)(F)F. The van der Waals surface area contributed by atoms with Gasteiger partial charge in [-0.1, -0.05) is 0 Å². The summed E-state index contributed by atoms with van der Waals surface area (Å²) >= 11 is 1.35. The number of rotatable bonds is 3. The standard InChI is InChI=1S/C6H6F5IO.C2F5I/c7-5(8,6(9,10)11)3-4(12)1-2-13;3-1(4,5)2(6,7)8/h3,13H,1-2H2;. The van der Waals surface area contributed by atoms with Crippen LogP contribution in [-0.4, -0.2) is 33.9 Å². The van der Waals surface area contributed by atoms with Crippen molar-refractivity contribution in [1.29, 1.82) is 0 Å². The highest BCUT2D eigenvalue weighted by molar-refractivity contribution is 14.1. The van der Waals surface area contributed by atoms with Crippen molar-refractivity contribution in [2.45, 2.75) is 28.6 Å². The summed E-state index contributed by atoms with van der Waals surface area (Å²) in [5.74, 6) is -4.82. The van der Waals surface area contributed by atoms with Gasteiger partial charge in [0.2, 0.25) is 0 Å². The van der Waals surface area contributed by atoms with Crippen LogP contribution in [0.4, 0.5) is 43.9 Å². The Morgan fingerprint density at radius 1 is 0.857 bits per heavy atom. The van der Waals surface area contributed by atoms with Crippen molar-refractivity contribution in [3.05, 3.63) is 9.66 Å². The topological polar surface area (TPSA) is 20.2 Å². The van der Waals surface area contributed by atoms with Gasteiger partial charge in [0.1, 0.15) is 0 Å². The Hall–Kier alpha value is 0.460. The zero-order valence-electron chi connectivity index (χ0n) is 9.47. The van der Waals surface area contributed by atoms with Crippen LogP contribution in [0.25, 0.3) is 0 Å². The lowest BCUT2D eigenvalue weighted by molar-refractivity contribution is -0.259. The fraction of sp³-hybridized carbons (Fsp3) is 0.750. The smallest absolute Gasteiger partial charge is 0.396 e. The fourth-order valence-electron chi connectivity index (χ4n) is 0.458. The van der Waals surface area contributed by atoms with Gasteiger partial charge in [-0.15, -0.1) is 0 Å². The quantitative estimate of drug-likeness (QED) is 0.276. The molecule has 0 radical (unpaired) electrons.